The second-order valence-corrected chi connectivity index (χ2v) is 13.1. The molecule has 2 saturated heterocycles. The number of esters is 1. The SMILES string of the molecule is CCCCCN1CC=C[C@]23S[C@@]4(C)/C=C\CCCCOC(=O)[C@H]4[C@H]2C(=O)N([C@@H](CO)[C@@H](C)CC)C3C1=O. The van der Waals surface area contributed by atoms with Gasteiger partial charge in [0.25, 0.3) is 0 Å². The average Bonchev–Trinajstić information content (AvgIpc) is 3.21. The largest absolute Gasteiger partial charge is 0.465 e. The number of thioether (sulfide) groups is 1. The van der Waals surface area contributed by atoms with Crippen LogP contribution in [0.15, 0.2) is 24.3 Å². The maximum absolute atomic E-state index is 14.5. The third kappa shape index (κ3) is 4.88. The number of likely N-dealkylation sites (tertiary alicyclic amines) is 1. The Kier molecular flexibility index (Phi) is 8.79. The molecule has 0 aromatic carbocycles. The van der Waals surface area contributed by atoms with E-state index >= 15 is 0 Å². The molecular weight excluding hydrogens is 488 g/mol. The van der Waals surface area contributed by atoms with E-state index in [9.17, 15) is 19.5 Å². The highest BCUT2D eigenvalue weighted by molar-refractivity contribution is 8.02. The molecule has 0 bridgehead atoms. The summed E-state index contributed by atoms with van der Waals surface area (Å²) in [5, 5.41) is 10.5. The number of unbranched alkanes of at least 4 members (excludes halogenated alkanes) is 2. The molecule has 1 unspecified atom stereocenters. The van der Waals surface area contributed by atoms with E-state index in [-0.39, 0.29) is 30.3 Å². The third-order valence-corrected chi connectivity index (χ3v) is 10.7. The van der Waals surface area contributed by atoms with E-state index in [0.717, 1.165) is 44.9 Å². The summed E-state index contributed by atoms with van der Waals surface area (Å²) in [5.41, 5.74) is 0. The fourth-order valence-corrected chi connectivity index (χ4v) is 8.85. The van der Waals surface area contributed by atoms with Crippen molar-refractivity contribution in [2.75, 3.05) is 26.3 Å². The molecule has 4 heterocycles. The highest BCUT2D eigenvalue weighted by Crippen LogP contribution is 2.65. The van der Waals surface area contributed by atoms with E-state index in [2.05, 4.69) is 19.1 Å². The zero-order valence-electron chi connectivity index (χ0n) is 22.9. The number of carbonyl (C=O) groups excluding carboxylic acids is 3. The molecule has 8 heteroatoms. The Morgan fingerprint density at radius 1 is 1.11 bits per heavy atom. The number of aliphatic hydroxyl groups is 1. The molecule has 0 aromatic rings. The van der Waals surface area contributed by atoms with Crippen molar-refractivity contribution in [1.82, 2.24) is 9.80 Å². The minimum absolute atomic E-state index is 0.00526. The lowest BCUT2D eigenvalue weighted by Crippen LogP contribution is -2.58. The summed E-state index contributed by atoms with van der Waals surface area (Å²) in [4.78, 5) is 46.0. The predicted molar refractivity (Wildman–Crippen MR) is 146 cm³/mol. The van der Waals surface area contributed by atoms with Crippen LogP contribution in [0.5, 0.6) is 0 Å². The molecule has 0 aromatic heterocycles. The second-order valence-electron chi connectivity index (χ2n) is 11.3. The maximum atomic E-state index is 14.5. The van der Waals surface area contributed by atoms with E-state index in [1.807, 2.05) is 37.8 Å². The standard InChI is InChI=1S/C29H44N2O5S/c1-5-7-11-16-30-17-13-15-29-22(23-27(35)36-18-12-9-8-10-14-28(23,4)37-29)25(33)31(24(29)26(30)34)21(19-32)20(3)6-2/h10,13-15,20-24,32H,5-9,11-12,16-19H2,1-4H3/b14-10-/t20-,21-,22-,23+,24?,28-,29-/m0/s1. The molecule has 7 atom stereocenters. The van der Waals surface area contributed by atoms with Gasteiger partial charge < -0.3 is 19.6 Å². The lowest BCUT2D eigenvalue weighted by atomic mass is 9.74. The smallest absolute Gasteiger partial charge is 0.311 e. The van der Waals surface area contributed by atoms with Gasteiger partial charge in [-0.2, -0.15) is 0 Å². The molecule has 0 radical (unpaired) electrons. The van der Waals surface area contributed by atoms with Crippen molar-refractivity contribution < 1.29 is 24.2 Å². The number of allylic oxidation sites excluding steroid dienone is 1. The molecule has 2 fully saturated rings. The monoisotopic (exact) mass is 532 g/mol. The number of hydrogen-bond donors (Lipinski definition) is 1. The van der Waals surface area contributed by atoms with Crippen molar-refractivity contribution in [3.05, 3.63) is 24.3 Å². The van der Waals surface area contributed by atoms with Gasteiger partial charge in [-0.3, -0.25) is 14.4 Å². The molecule has 2 amide bonds. The van der Waals surface area contributed by atoms with Gasteiger partial charge >= 0.3 is 5.97 Å². The van der Waals surface area contributed by atoms with Gasteiger partial charge in [-0.25, -0.2) is 0 Å². The fraction of sp³-hybridized carbons (Fsp3) is 0.759. The van der Waals surface area contributed by atoms with Crippen LogP contribution < -0.4 is 0 Å². The summed E-state index contributed by atoms with van der Waals surface area (Å²) < 4.78 is 4.17. The van der Waals surface area contributed by atoms with E-state index < -0.39 is 33.4 Å². The van der Waals surface area contributed by atoms with Crippen LogP contribution in [0.25, 0.3) is 0 Å². The van der Waals surface area contributed by atoms with E-state index in [1.165, 1.54) is 0 Å². The lowest BCUT2D eigenvalue weighted by molar-refractivity contribution is -0.155. The number of cyclic esters (lactones) is 1. The summed E-state index contributed by atoms with van der Waals surface area (Å²) >= 11 is 1.58. The molecule has 1 N–H and O–H groups in total. The zero-order chi connectivity index (χ0) is 26.8. The van der Waals surface area contributed by atoms with Crippen molar-refractivity contribution in [1.29, 1.82) is 0 Å². The number of amides is 2. The van der Waals surface area contributed by atoms with Gasteiger partial charge in [-0.15, -0.1) is 11.8 Å². The Bertz CT molecular complexity index is 937. The quantitative estimate of drug-likeness (QED) is 0.289. The number of aliphatic hydroxyl groups excluding tert-OH is 1. The molecule has 4 aliphatic rings. The van der Waals surface area contributed by atoms with E-state index in [0.29, 0.717) is 19.7 Å². The van der Waals surface area contributed by atoms with Crippen LogP contribution in [0.4, 0.5) is 0 Å². The number of carbonyl (C=O) groups is 3. The predicted octanol–water partition coefficient (Wildman–Crippen LogP) is 3.95. The molecule has 37 heavy (non-hydrogen) atoms. The summed E-state index contributed by atoms with van der Waals surface area (Å²) in [7, 11) is 0. The van der Waals surface area contributed by atoms with Crippen LogP contribution in [0.2, 0.25) is 0 Å². The Hall–Kier alpha value is -1.80. The number of hydrogen-bond acceptors (Lipinski definition) is 6. The Morgan fingerprint density at radius 2 is 1.89 bits per heavy atom. The van der Waals surface area contributed by atoms with Crippen molar-refractivity contribution in [3.63, 3.8) is 0 Å². The summed E-state index contributed by atoms with van der Waals surface area (Å²) in [6.07, 6.45) is 14.7. The molecule has 7 nitrogen and oxygen atoms in total. The van der Waals surface area contributed by atoms with E-state index in [1.54, 1.807) is 16.7 Å². The van der Waals surface area contributed by atoms with Crippen molar-refractivity contribution >= 4 is 29.5 Å². The van der Waals surface area contributed by atoms with Crippen LogP contribution >= 0.6 is 11.8 Å². The van der Waals surface area contributed by atoms with Crippen LogP contribution in [0.1, 0.15) is 72.6 Å². The molecule has 0 saturated carbocycles. The number of fused-ring (bicyclic) bond motifs is 2. The molecular formula is C29H44N2O5S. The molecule has 4 aliphatic heterocycles. The van der Waals surface area contributed by atoms with E-state index in [4.69, 9.17) is 4.74 Å². The molecule has 0 aliphatic carbocycles. The third-order valence-electron chi connectivity index (χ3n) is 8.90. The maximum Gasteiger partial charge on any atom is 0.311 e. The molecule has 1 spiro atoms. The molecule has 206 valence electrons. The summed E-state index contributed by atoms with van der Waals surface area (Å²) in [5.74, 6) is -2.06. The Morgan fingerprint density at radius 3 is 2.59 bits per heavy atom. The minimum atomic E-state index is -0.897. The van der Waals surface area contributed by atoms with Gasteiger partial charge in [-0.1, -0.05) is 64.3 Å². The first-order chi connectivity index (χ1) is 17.8. The number of nitrogens with zero attached hydrogens (tertiary/aromatic N) is 2. The van der Waals surface area contributed by atoms with Gasteiger partial charge in [0.1, 0.15) is 6.04 Å². The van der Waals surface area contributed by atoms with Crippen LogP contribution in [-0.2, 0) is 19.1 Å². The van der Waals surface area contributed by atoms with Crippen LogP contribution in [0.3, 0.4) is 0 Å². The van der Waals surface area contributed by atoms with Crippen molar-refractivity contribution in [2.45, 2.75) is 94.2 Å². The van der Waals surface area contributed by atoms with Gasteiger partial charge in [-0.05, 0) is 38.5 Å². The van der Waals surface area contributed by atoms with Crippen LogP contribution in [0, 0.1) is 17.8 Å². The first-order valence-electron chi connectivity index (χ1n) is 14.2. The highest BCUT2D eigenvalue weighted by atomic mass is 32.2. The minimum Gasteiger partial charge on any atom is -0.465 e. The summed E-state index contributed by atoms with van der Waals surface area (Å²) in [6, 6.07) is -1.26. The first-order valence-corrected chi connectivity index (χ1v) is 15.0. The zero-order valence-corrected chi connectivity index (χ0v) is 23.7. The number of rotatable bonds is 8. The average molecular weight is 533 g/mol. The Labute approximate surface area is 226 Å². The van der Waals surface area contributed by atoms with Gasteiger partial charge in [0.15, 0.2) is 0 Å². The van der Waals surface area contributed by atoms with Crippen LogP contribution in [-0.4, -0.2) is 80.6 Å². The fourth-order valence-electron chi connectivity index (χ4n) is 6.71. The first kappa shape index (κ1) is 28.2. The normalized spacial score (nSPS) is 36.4. The van der Waals surface area contributed by atoms with Gasteiger partial charge in [0.2, 0.25) is 11.8 Å². The van der Waals surface area contributed by atoms with Gasteiger partial charge in [0, 0.05) is 17.8 Å². The highest BCUT2D eigenvalue weighted by Gasteiger charge is 2.74. The Balaban J connectivity index is 1.85. The topological polar surface area (TPSA) is 87.2 Å². The molecule has 4 rings (SSSR count). The number of ether oxygens (including phenoxy) is 1. The summed E-state index contributed by atoms with van der Waals surface area (Å²) in [6.45, 7) is 9.46. The van der Waals surface area contributed by atoms with Crippen molar-refractivity contribution in [2.24, 2.45) is 17.8 Å². The van der Waals surface area contributed by atoms with Crippen molar-refractivity contribution in [3.8, 4) is 0 Å². The lowest BCUT2D eigenvalue weighted by Gasteiger charge is -2.41. The van der Waals surface area contributed by atoms with Gasteiger partial charge in [0.05, 0.1) is 35.8 Å². The second kappa shape index (κ2) is 11.5.